The minimum Gasteiger partial charge on any atom is -0.493 e. The number of aliphatic imine (C=N–C) groups is 1. The number of nitrogens with two attached hydrogens (primary N) is 1. The second kappa shape index (κ2) is 10.5. The lowest BCUT2D eigenvalue weighted by molar-refractivity contribution is -0.107. The molecule has 1 heterocycles. The van der Waals surface area contributed by atoms with E-state index in [1.807, 2.05) is 0 Å². The molecule has 1 saturated carbocycles. The van der Waals surface area contributed by atoms with Gasteiger partial charge in [0, 0.05) is 32.7 Å². The van der Waals surface area contributed by atoms with E-state index in [0.717, 1.165) is 19.3 Å². The summed E-state index contributed by atoms with van der Waals surface area (Å²) in [6, 6.07) is 4.37. The number of methoxy groups -OCH3 is 1. The van der Waals surface area contributed by atoms with Crippen molar-refractivity contribution in [3.05, 3.63) is 29.6 Å². The lowest BCUT2D eigenvalue weighted by atomic mass is 9.90. The maximum absolute atomic E-state index is 13.8. The van der Waals surface area contributed by atoms with Gasteiger partial charge in [-0.05, 0) is 55.1 Å². The van der Waals surface area contributed by atoms with Gasteiger partial charge in [-0.25, -0.2) is 9.18 Å². The second-order valence-corrected chi connectivity index (χ2v) is 8.06. The van der Waals surface area contributed by atoms with Crippen molar-refractivity contribution in [2.75, 3.05) is 33.4 Å². The fourth-order valence-corrected chi connectivity index (χ4v) is 4.27. The van der Waals surface area contributed by atoms with Crippen molar-refractivity contribution in [2.45, 2.75) is 32.1 Å². The number of halogens is 1. The molecule has 164 valence electrons. The molecule has 1 aliphatic heterocycles. The van der Waals surface area contributed by atoms with Crippen LogP contribution in [0.3, 0.4) is 0 Å². The SMILES string of the molecule is COC/C(N)=N/C(=O)N1CCC(C2CC2CCOc2ccc(CC=O)c(F)c2)CC1. The van der Waals surface area contributed by atoms with Crippen LogP contribution in [0, 0.1) is 23.6 Å². The average Bonchev–Trinajstić information content (AvgIpc) is 3.50. The van der Waals surface area contributed by atoms with Gasteiger partial charge in [0.1, 0.15) is 30.3 Å². The smallest absolute Gasteiger partial charge is 0.345 e. The number of urea groups is 1. The molecule has 1 saturated heterocycles. The summed E-state index contributed by atoms with van der Waals surface area (Å²) in [7, 11) is 1.51. The highest BCUT2D eigenvalue weighted by atomic mass is 19.1. The molecule has 2 aliphatic rings. The summed E-state index contributed by atoms with van der Waals surface area (Å²) in [6.07, 6.45) is 4.87. The van der Waals surface area contributed by atoms with Crippen LogP contribution in [-0.4, -0.2) is 56.5 Å². The van der Waals surface area contributed by atoms with Gasteiger partial charge in [0.2, 0.25) is 0 Å². The van der Waals surface area contributed by atoms with Gasteiger partial charge in [-0.3, -0.25) is 0 Å². The molecule has 0 bridgehead atoms. The molecule has 3 rings (SSSR count). The Morgan fingerprint density at radius 1 is 1.37 bits per heavy atom. The van der Waals surface area contributed by atoms with Crippen LogP contribution >= 0.6 is 0 Å². The van der Waals surface area contributed by atoms with E-state index in [1.54, 1.807) is 17.0 Å². The largest absolute Gasteiger partial charge is 0.493 e. The number of aldehydes is 1. The zero-order valence-electron chi connectivity index (χ0n) is 17.4. The number of carbonyl (C=O) groups is 2. The van der Waals surface area contributed by atoms with E-state index in [1.165, 1.54) is 19.6 Å². The Balaban J connectivity index is 1.36. The van der Waals surface area contributed by atoms with E-state index in [0.29, 0.717) is 55.0 Å². The molecule has 2 atom stereocenters. The van der Waals surface area contributed by atoms with Crippen LogP contribution in [0.15, 0.2) is 23.2 Å². The van der Waals surface area contributed by atoms with E-state index in [2.05, 4.69) is 4.99 Å². The van der Waals surface area contributed by atoms with Crippen LogP contribution in [0.4, 0.5) is 9.18 Å². The Morgan fingerprint density at radius 2 is 2.13 bits per heavy atom. The molecular formula is C22H30FN3O4. The number of hydrogen-bond acceptors (Lipinski definition) is 4. The number of amidine groups is 1. The topological polar surface area (TPSA) is 94.2 Å². The van der Waals surface area contributed by atoms with Crippen LogP contribution in [0.2, 0.25) is 0 Å². The minimum atomic E-state index is -0.404. The lowest BCUT2D eigenvalue weighted by Crippen LogP contribution is -2.38. The van der Waals surface area contributed by atoms with Crippen molar-refractivity contribution in [1.29, 1.82) is 0 Å². The van der Waals surface area contributed by atoms with Crippen LogP contribution in [0.25, 0.3) is 0 Å². The van der Waals surface area contributed by atoms with Gasteiger partial charge in [-0.15, -0.1) is 0 Å². The molecule has 7 nitrogen and oxygen atoms in total. The molecule has 2 fully saturated rings. The number of rotatable bonds is 9. The van der Waals surface area contributed by atoms with Crippen LogP contribution in [-0.2, 0) is 16.0 Å². The zero-order valence-corrected chi connectivity index (χ0v) is 17.4. The number of hydrogen-bond donors (Lipinski definition) is 1. The number of benzene rings is 1. The number of nitrogens with zero attached hydrogens (tertiary/aromatic N) is 2. The molecule has 0 aromatic heterocycles. The normalized spacial score (nSPS) is 22.1. The second-order valence-electron chi connectivity index (χ2n) is 8.06. The minimum absolute atomic E-state index is 0.0766. The maximum atomic E-state index is 13.8. The first kappa shape index (κ1) is 22.2. The van der Waals surface area contributed by atoms with Gasteiger partial charge in [0.25, 0.3) is 0 Å². The summed E-state index contributed by atoms with van der Waals surface area (Å²) in [5.74, 6) is 2.23. The first-order chi connectivity index (χ1) is 14.5. The van der Waals surface area contributed by atoms with Crippen molar-refractivity contribution >= 4 is 18.2 Å². The molecule has 8 heteroatoms. The van der Waals surface area contributed by atoms with Crippen molar-refractivity contribution in [1.82, 2.24) is 4.90 Å². The highest BCUT2D eigenvalue weighted by Gasteiger charge is 2.43. The molecule has 30 heavy (non-hydrogen) atoms. The standard InChI is InChI=1S/C22H30FN3O4/c1-29-14-21(24)25-22(28)26-8-4-15(5-9-26)19-12-17(19)7-11-30-18-3-2-16(6-10-27)20(23)13-18/h2-3,10,13,15,17,19H,4-9,11-12,14H2,1H3,(H2,24,25,28). The average molecular weight is 419 g/mol. The molecule has 1 aliphatic carbocycles. The van der Waals surface area contributed by atoms with E-state index in [-0.39, 0.29) is 24.9 Å². The number of ether oxygens (including phenoxy) is 2. The highest BCUT2D eigenvalue weighted by molar-refractivity contribution is 5.93. The molecule has 2 amide bonds. The number of amides is 2. The Morgan fingerprint density at radius 3 is 2.80 bits per heavy atom. The van der Waals surface area contributed by atoms with Gasteiger partial charge < -0.3 is 24.9 Å². The first-order valence-corrected chi connectivity index (χ1v) is 10.5. The Kier molecular flexibility index (Phi) is 7.79. The fraction of sp³-hybridized carbons (Fsp3) is 0.591. The van der Waals surface area contributed by atoms with Gasteiger partial charge in [0.15, 0.2) is 0 Å². The Bertz CT molecular complexity index is 778. The predicted molar refractivity (Wildman–Crippen MR) is 111 cm³/mol. The third kappa shape index (κ3) is 6.01. The lowest BCUT2D eigenvalue weighted by Gasteiger charge is -2.31. The number of likely N-dealkylation sites (tertiary alicyclic amines) is 1. The third-order valence-electron chi connectivity index (χ3n) is 6.01. The summed E-state index contributed by atoms with van der Waals surface area (Å²) in [6.45, 7) is 2.13. The first-order valence-electron chi connectivity index (χ1n) is 10.5. The summed E-state index contributed by atoms with van der Waals surface area (Å²) >= 11 is 0. The summed E-state index contributed by atoms with van der Waals surface area (Å²) in [4.78, 5) is 28.3. The van der Waals surface area contributed by atoms with Crippen LogP contribution < -0.4 is 10.5 Å². The van der Waals surface area contributed by atoms with Crippen LogP contribution in [0.1, 0.15) is 31.2 Å². The number of piperidine rings is 1. The molecule has 0 radical (unpaired) electrons. The summed E-state index contributed by atoms with van der Waals surface area (Å²) in [5.41, 5.74) is 6.03. The van der Waals surface area contributed by atoms with Crippen molar-refractivity contribution in [3.63, 3.8) is 0 Å². The quantitative estimate of drug-likeness (QED) is 0.377. The van der Waals surface area contributed by atoms with E-state index < -0.39 is 5.82 Å². The van der Waals surface area contributed by atoms with Gasteiger partial charge in [0.05, 0.1) is 6.61 Å². The molecule has 1 aromatic carbocycles. The highest BCUT2D eigenvalue weighted by Crippen LogP contribution is 2.49. The Labute approximate surface area is 176 Å². The molecule has 1 aromatic rings. The molecular weight excluding hydrogens is 389 g/mol. The monoisotopic (exact) mass is 419 g/mol. The zero-order chi connectivity index (χ0) is 21.5. The molecule has 0 spiro atoms. The molecule has 2 N–H and O–H groups in total. The summed E-state index contributed by atoms with van der Waals surface area (Å²) < 4.78 is 24.4. The summed E-state index contributed by atoms with van der Waals surface area (Å²) in [5, 5.41) is 0. The van der Waals surface area contributed by atoms with E-state index >= 15 is 0 Å². The van der Waals surface area contributed by atoms with Crippen molar-refractivity contribution in [3.8, 4) is 5.75 Å². The van der Waals surface area contributed by atoms with E-state index in [9.17, 15) is 14.0 Å². The molecule has 2 unspecified atom stereocenters. The van der Waals surface area contributed by atoms with Gasteiger partial charge >= 0.3 is 6.03 Å². The van der Waals surface area contributed by atoms with E-state index in [4.69, 9.17) is 15.2 Å². The fourth-order valence-electron chi connectivity index (χ4n) is 4.27. The Hall–Kier alpha value is -2.48. The van der Waals surface area contributed by atoms with Crippen LogP contribution in [0.5, 0.6) is 5.75 Å². The van der Waals surface area contributed by atoms with Gasteiger partial charge in [-0.1, -0.05) is 6.07 Å². The van der Waals surface area contributed by atoms with Crippen molar-refractivity contribution in [2.24, 2.45) is 28.5 Å². The maximum Gasteiger partial charge on any atom is 0.345 e. The third-order valence-corrected chi connectivity index (χ3v) is 6.01. The van der Waals surface area contributed by atoms with Crippen molar-refractivity contribution < 1.29 is 23.5 Å². The predicted octanol–water partition coefficient (Wildman–Crippen LogP) is 2.81. The number of carbonyl (C=O) groups excluding carboxylic acids is 2. The van der Waals surface area contributed by atoms with Gasteiger partial charge in [-0.2, -0.15) is 4.99 Å².